The molecule has 2 aromatic carbocycles. The Labute approximate surface area is 297 Å². The first-order valence-electron chi connectivity index (χ1n) is 17.5. The van der Waals surface area contributed by atoms with E-state index in [1.54, 1.807) is 18.2 Å². The zero-order valence-electron chi connectivity index (χ0n) is 28.3. The normalized spacial score (nSPS) is 19.8. The summed E-state index contributed by atoms with van der Waals surface area (Å²) >= 11 is 0. The zero-order valence-corrected chi connectivity index (χ0v) is 28.3. The quantitative estimate of drug-likeness (QED) is 0.192. The smallest absolute Gasteiger partial charge is 0.264 e. The molecule has 52 heavy (non-hydrogen) atoms. The van der Waals surface area contributed by atoms with Crippen molar-refractivity contribution >= 4 is 64.6 Å². The second kappa shape index (κ2) is 15.2. The first-order valence-corrected chi connectivity index (χ1v) is 17.5. The van der Waals surface area contributed by atoms with Crippen molar-refractivity contribution in [2.75, 3.05) is 5.32 Å². The number of ketones is 1. The van der Waals surface area contributed by atoms with Crippen LogP contribution in [0.15, 0.2) is 36.4 Å². The zero-order chi connectivity index (χ0) is 37.1. The molecule has 6 rings (SSSR count). The third kappa shape index (κ3) is 7.16. The lowest BCUT2D eigenvalue weighted by Crippen LogP contribution is -2.54. The van der Waals surface area contributed by atoms with Crippen LogP contribution >= 0.6 is 0 Å². The van der Waals surface area contributed by atoms with Crippen LogP contribution in [0.3, 0.4) is 0 Å². The number of imide groups is 4. The number of unbranched alkanes of at least 4 members (excludes halogenated alkanes) is 5. The Kier molecular flexibility index (Phi) is 10.5. The van der Waals surface area contributed by atoms with Crippen LogP contribution in [0.5, 0.6) is 0 Å². The maximum Gasteiger partial charge on any atom is 0.264 e. The van der Waals surface area contributed by atoms with Gasteiger partial charge in [0.1, 0.15) is 17.9 Å². The van der Waals surface area contributed by atoms with E-state index in [4.69, 9.17) is 0 Å². The fourth-order valence-corrected chi connectivity index (χ4v) is 7.18. The average Bonchev–Trinajstić information content (AvgIpc) is 3.51. The van der Waals surface area contributed by atoms with Gasteiger partial charge in [-0.15, -0.1) is 0 Å². The summed E-state index contributed by atoms with van der Waals surface area (Å²) in [6.45, 7) is 0. The SMILES string of the molecule is O=C(CCCCCCCCC(=O)Nc1cccc2c1C(=O)N(C1CCC(=O)NC1=O)C2=O)Cc1cccc2c1C(=O)N(C1CCC(=O)NC1=O)C2=O. The summed E-state index contributed by atoms with van der Waals surface area (Å²) in [5.41, 5.74) is 0.979. The van der Waals surface area contributed by atoms with Gasteiger partial charge in [0, 0.05) is 32.1 Å². The summed E-state index contributed by atoms with van der Waals surface area (Å²) in [5, 5.41) is 7.04. The van der Waals surface area contributed by atoms with Crippen LogP contribution in [-0.2, 0) is 35.2 Å². The van der Waals surface area contributed by atoms with Crippen LogP contribution in [0.2, 0.25) is 0 Å². The van der Waals surface area contributed by atoms with Gasteiger partial charge in [-0.1, -0.05) is 43.9 Å². The average molecular weight is 712 g/mol. The number of Topliss-reactive ketones (excluding diaryl/α,β-unsaturated/α-hetero) is 1. The van der Waals surface area contributed by atoms with E-state index in [2.05, 4.69) is 16.0 Å². The van der Waals surface area contributed by atoms with E-state index in [9.17, 15) is 47.9 Å². The molecule has 0 aromatic heterocycles. The van der Waals surface area contributed by atoms with Crippen molar-refractivity contribution in [3.05, 3.63) is 64.2 Å². The molecule has 0 radical (unpaired) electrons. The van der Waals surface area contributed by atoms with E-state index in [-0.39, 0.29) is 84.6 Å². The van der Waals surface area contributed by atoms with E-state index >= 15 is 0 Å². The number of nitrogens with zero attached hydrogens (tertiary/aromatic N) is 2. The van der Waals surface area contributed by atoms with Gasteiger partial charge in [-0.05, 0) is 49.4 Å². The molecule has 2 saturated heterocycles. The first kappa shape index (κ1) is 35.9. The Balaban J connectivity index is 0.905. The van der Waals surface area contributed by atoms with Gasteiger partial charge in [0.25, 0.3) is 23.6 Å². The Hall–Kier alpha value is -5.86. The third-order valence-electron chi connectivity index (χ3n) is 9.79. The van der Waals surface area contributed by atoms with E-state index < -0.39 is 59.3 Å². The molecule has 2 atom stereocenters. The molecule has 0 bridgehead atoms. The number of amides is 9. The van der Waals surface area contributed by atoms with Crippen LogP contribution in [0.25, 0.3) is 0 Å². The second-order valence-corrected chi connectivity index (χ2v) is 13.3. The van der Waals surface area contributed by atoms with Crippen LogP contribution in [-0.4, -0.2) is 80.8 Å². The fraction of sp³-hybridized carbons (Fsp3) is 0.405. The summed E-state index contributed by atoms with van der Waals surface area (Å²) in [6, 6.07) is 7.07. The Bertz CT molecular complexity index is 1800. The number of hydrogen-bond donors (Lipinski definition) is 3. The number of benzene rings is 2. The molecular formula is C37H37N5O10. The van der Waals surface area contributed by atoms with Crippen molar-refractivity contribution in [1.82, 2.24) is 20.4 Å². The lowest BCUT2D eigenvalue weighted by molar-refractivity contribution is -0.137. The number of piperidine rings is 2. The summed E-state index contributed by atoms with van der Waals surface area (Å²) in [5.74, 6) is -5.35. The molecule has 15 heteroatoms. The molecule has 4 aliphatic heterocycles. The monoisotopic (exact) mass is 711 g/mol. The maximum atomic E-state index is 13.3. The van der Waals surface area contributed by atoms with Gasteiger partial charge in [0.2, 0.25) is 29.5 Å². The van der Waals surface area contributed by atoms with Gasteiger partial charge in [-0.3, -0.25) is 68.4 Å². The number of nitrogens with one attached hydrogen (secondary N) is 3. The highest BCUT2D eigenvalue weighted by atomic mass is 16.2. The standard InChI is InChI=1S/C37H37N5O10/c43-21(19-20-9-7-11-22-30(20)36(51)41(34(22)49)25-15-17-28(45)39-32(25)47)10-5-3-1-2-4-6-14-27(44)38-24-13-8-12-23-31(24)37(52)42(35(23)50)26-16-18-29(46)40-33(26)48/h7-9,11-13,25-26H,1-6,10,14-19H2,(H,38,44)(H,39,45,47)(H,40,46,48). The van der Waals surface area contributed by atoms with Crippen molar-refractivity contribution in [2.45, 2.75) is 95.6 Å². The molecule has 4 heterocycles. The van der Waals surface area contributed by atoms with Gasteiger partial charge in [-0.25, -0.2) is 0 Å². The second-order valence-electron chi connectivity index (χ2n) is 13.3. The van der Waals surface area contributed by atoms with Gasteiger partial charge in [0.05, 0.1) is 27.9 Å². The minimum Gasteiger partial charge on any atom is -0.325 e. The predicted octanol–water partition coefficient (Wildman–Crippen LogP) is 2.36. The summed E-state index contributed by atoms with van der Waals surface area (Å²) in [6.07, 6.45) is 4.95. The van der Waals surface area contributed by atoms with E-state index in [1.807, 2.05) is 0 Å². The first-order chi connectivity index (χ1) is 25.0. The molecule has 15 nitrogen and oxygen atoms in total. The van der Waals surface area contributed by atoms with Crippen molar-refractivity contribution in [2.24, 2.45) is 0 Å². The molecule has 3 N–H and O–H groups in total. The number of fused-ring (bicyclic) bond motifs is 2. The van der Waals surface area contributed by atoms with Crippen LogP contribution < -0.4 is 16.0 Å². The topological polar surface area (TPSA) is 213 Å². The summed E-state index contributed by atoms with van der Waals surface area (Å²) in [4.78, 5) is 128. The van der Waals surface area contributed by atoms with Gasteiger partial charge in [-0.2, -0.15) is 0 Å². The minimum absolute atomic E-state index is 0.00451. The largest absolute Gasteiger partial charge is 0.325 e. The molecule has 0 saturated carbocycles. The van der Waals surface area contributed by atoms with Crippen molar-refractivity contribution in [3.63, 3.8) is 0 Å². The molecule has 270 valence electrons. The van der Waals surface area contributed by atoms with Crippen LogP contribution in [0.4, 0.5) is 5.69 Å². The van der Waals surface area contributed by atoms with Crippen molar-refractivity contribution in [3.8, 4) is 0 Å². The van der Waals surface area contributed by atoms with Crippen molar-refractivity contribution in [1.29, 1.82) is 0 Å². The maximum absolute atomic E-state index is 13.3. The molecule has 0 spiro atoms. The predicted molar refractivity (Wildman–Crippen MR) is 181 cm³/mol. The minimum atomic E-state index is -1.10. The van der Waals surface area contributed by atoms with Gasteiger partial charge < -0.3 is 5.32 Å². The van der Waals surface area contributed by atoms with Gasteiger partial charge in [0.15, 0.2) is 0 Å². The van der Waals surface area contributed by atoms with Crippen molar-refractivity contribution < 1.29 is 47.9 Å². The fourth-order valence-electron chi connectivity index (χ4n) is 7.18. The number of carbonyl (C=O) groups is 10. The third-order valence-corrected chi connectivity index (χ3v) is 9.79. The van der Waals surface area contributed by atoms with E-state index in [0.29, 0.717) is 18.4 Å². The molecule has 9 amide bonds. The number of rotatable bonds is 14. The van der Waals surface area contributed by atoms with E-state index in [1.165, 1.54) is 18.2 Å². The Morgan fingerprint density at radius 1 is 0.615 bits per heavy atom. The Morgan fingerprint density at radius 2 is 1.12 bits per heavy atom. The molecule has 2 aromatic rings. The summed E-state index contributed by atoms with van der Waals surface area (Å²) in [7, 11) is 0. The van der Waals surface area contributed by atoms with Crippen LogP contribution in [0.1, 0.15) is 124 Å². The molecule has 2 fully saturated rings. The molecule has 2 unspecified atom stereocenters. The number of hydrogen-bond acceptors (Lipinski definition) is 10. The Morgan fingerprint density at radius 3 is 1.69 bits per heavy atom. The number of anilines is 1. The lowest BCUT2D eigenvalue weighted by atomic mass is 9.96. The molecular weight excluding hydrogens is 674 g/mol. The van der Waals surface area contributed by atoms with E-state index in [0.717, 1.165) is 35.5 Å². The highest BCUT2D eigenvalue weighted by molar-refractivity contribution is 6.26. The highest BCUT2D eigenvalue weighted by Gasteiger charge is 2.47. The number of carbonyl (C=O) groups excluding carboxylic acids is 10. The van der Waals surface area contributed by atoms with Crippen LogP contribution in [0, 0.1) is 0 Å². The highest BCUT2D eigenvalue weighted by Crippen LogP contribution is 2.33. The molecule has 4 aliphatic rings. The van der Waals surface area contributed by atoms with Gasteiger partial charge >= 0.3 is 0 Å². The lowest BCUT2D eigenvalue weighted by Gasteiger charge is -2.27. The summed E-state index contributed by atoms with van der Waals surface area (Å²) < 4.78 is 0. The molecule has 0 aliphatic carbocycles.